The Bertz CT molecular complexity index is 1510. The molecule has 0 unspecified atom stereocenters. The monoisotopic (exact) mass is 577 g/mol. The molecule has 2 aliphatic rings. The third-order valence-electron chi connectivity index (χ3n) is 6.36. The van der Waals surface area contributed by atoms with Crippen LogP contribution in [-0.4, -0.2) is 45.4 Å². The molecule has 204 valence electrons. The van der Waals surface area contributed by atoms with E-state index in [0.717, 1.165) is 22.9 Å². The van der Waals surface area contributed by atoms with E-state index < -0.39 is 6.04 Å². The molecule has 0 bridgehead atoms. The third-order valence-corrected chi connectivity index (χ3v) is 7.67. The molecule has 3 aromatic rings. The maximum absolute atomic E-state index is 13.4. The van der Waals surface area contributed by atoms with Gasteiger partial charge in [0.25, 0.3) is 5.91 Å². The van der Waals surface area contributed by atoms with Crippen molar-refractivity contribution in [1.29, 1.82) is 0 Å². The molecule has 0 spiro atoms. The van der Waals surface area contributed by atoms with Crippen molar-refractivity contribution < 1.29 is 18.8 Å². The zero-order valence-electron chi connectivity index (χ0n) is 21.3. The Balaban J connectivity index is 1.21. The lowest BCUT2D eigenvalue weighted by Gasteiger charge is -2.25. The van der Waals surface area contributed by atoms with E-state index in [1.165, 1.54) is 17.0 Å². The van der Waals surface area contributed by atoms with Gasteiger partial charge in [-0.15, -0.1) is 0 Å². The van der Waals surface area contributed by atoms with Crippen molar-refractivity contribution in [3.63, 3.8) is 0 Å². The van der Waals surface area contributed by atoms with E-state index in [-0.39, 0.29) is 55.2 Å². The predicted molar refractivity (Wildman–Crippen MR) is 154 cm³/mol. The van der Waals surface area contributed by atoms with Crippen LogP contribution in [-0.2, 0) is 27.5 Å². The number of amides is 3. The van der Waals surface area contributed by atoms with Gasteiger partial charge in [0.15, 0.2) is 5.17 Å². The molecular formula is C29H25ClFN5O3S. The van der Waals surface area contributed by atoms with Gasteiger partial charge in [0.1, 0.15) is 17.7 Å². The van der Waals surface area contributed by atoms with Gasteiger partial charge in [0, 0.05) is 30.1 Å². The molecule has 2 aliphatic heterocycles. The standard InChI is InChI=1S/C29H25ClFN5O3S/c30-22-7-3-1-5-19(22)16-33-26(38)17-40-29-35-23-8-4-2-6-21(23)27-34-24(28(39)36(27)29)13-14-25(37)32-15-18-9-11-20(31)12-10-18/h1-12,24H,13-17H2,(H,32,37)(H,33,38)/t24-/m1/s1. The van der Waals surface area contributed by atoms with Gasteiger partial charge in [-0.25, -0.2) is 14.3 Å². The zero-order chi connectivity index (χ0) is 28.1. The molecule has 0 radical (unpaired) electrons. The first-order valence-electron chi connectivity index (χ1n) is 12.6. The highest BCUT2D eigenvalue weighted by atomic mass is 35.5. The van der Waals surface area contributed by atoms with Crippen LogP contribution in [0.2, 0.25) is 5.02 Å². The number of thioether (sulfide) groups is 1. The first kappa shape index (κ1) is 27.5. The SMILES string of the molecule is O=C(CC[C@H]1N=C2c3ccccc3N=C(SCC(=O)NCc3ccccc3Cl)N2C1=O)NCc1ccc(F)cc1. The third kappa shape index (κ3) is 6.40. The molecule has 11 heteroatoms. The van der Waals surface area contributed by atoms with Gasteiger partial charge in [-0.05, 0) is 47.9 Å². The van der Waals surface area contributed by atoms with Gasteiger partial charge >= 0.3 is 0 Å². The molecule has 3 amide bonds. The van der Waals surface area contributed by atoms with E-state index in [0.29, 0.717) is 27.3 Å². The number of hydrogen-bond donors (Lipinski definition) is 2. The Morgan fingerprint density at radius 1 is 0.950 bits per heavy atom. The maximum Gasteiger partial charge on any atom is 0.259 e. The second-order valence-electron chi connectivity index (χ2n) is 9.15. The minimum Gasteiger partial charge on any atom is -0.352 e. The molecule has 2 N–H and O–H groups in total. The van der Waals surface area contributed by atoms with E-state index in [4.69, 9.17) is 11.6 Å². The van der Waals surface area contributed by atoms with Gasteiger partial charge in [-0.3, -0.25) is 19.4 Å². The lowest BCUT2D eigenvalue weighted by molar-refractivity contribution is -0.125. The van der Waals surface area contributed by atoms with Crippen LogP contribution in [0.3, 0.4) is 0 Å². The number of carbonyl (C=O) groups excluding carboxylic acids is 3. The quantitative estimate of drug-likeness (QED) is 0.388. The number of fused-ring (bicyclic) bond motifs is 3. The predicted octanol–water partition coefficient (Wildman–Crippen LogP) is 4.58. The summed E-state index contributed by atoms with van der Waals surface area (Å²) in [6, 6.07) is 19.8. The average Bonchev–Trinajstić information content (AvgIpc) is 3.30. The van der Waals surface area contributed by atoms with Crippen molar-refractivity contribution in [2.24, 2.45) is 9.98 Å². The molecule has 1 atom stereocenters. The van der Waals surface area contributed by atoms with Crippen LogP contribution >= 0.6 is 23.4 Å². The molecule has 0 fully saturated rings. The summed E-state index contributed by atoms with van der Waals surface area (Å²) in [5.74, 6) is -0.596. The van der Waals surface area contributed by atoms with Crippen molar-refractivity contribution in [3.8, 4) is 0 Å². The lowest BCUT2D eigenvalue weighted by atomic mass is 10.1. The van der Waals surface area contributed by atoms with Crippen molar-refractivity contribution in [2.45, 2.75) is 32.0 Å². The Kier molecular flexibility index (Phi) is 8.57. The van der Waals surface area contributed by atoms with Crippen LogP contribution in [0.25, 0.3) is 0 Å². The Hall–Kier alpha value is -4.02. The van der Waals surface area contributed by atoms with E-state index >= 15 is 0 Å². The molecule has 2 heterocycles. The smallest absolute Gasteiger partial charge is 0.259 e. The lowest BCUT2D eigenvalue weighted by Crippen LogP contribution is -2.41. The van der Waals surface area contributed by atoms with Crippen LogP contribution in [0.15, 0.2) is 82.8 Å². The summed E-state index contributed by atoms with van der Waals surface area (Å²) >= 11 is 7.32. The number of hydrogen-bond acceptors (Lipinski definition) is 6. The summed E-state index contributed by atoms with van der Waals surface area (Å²) in [7, 11) is 0. The van der Waals surface area contributed by atoms with Crippen molar-refractivity contribution in [2.75, 3.05) is 5.75 Å². The summed E-state index contributed by atoms with van der Waals surface area (Å²) < 4.78 is 13.1. The number of para-hydroxylation sites is 1. The first-order valence-corrected chi connectivity index (χ1v) is 14.0. The van der Waals surface area contributed by atoms with Gasteiger partial charge in [0.2, 0.25) is 11.8 Å². The summed E-state index contributed by atoms with van der Waals surface area (Å²) in [4.78, 5) is 49.2. The molecule has 0 aliphatic carbocycles. The molecule has 8 nitrogen and oxygen atoms in total. The van der Waals surface area contributed by atoms with Gasteiger partial charge in [-0.2, -0.15) is 0 Å². The fraction of sp³-hybridized carbons (Fsp3) is 0.207. The Labute approximate surface area is 239 Å². The Morgan fingerprint density at radius 2 is 1.68 bits per heavy atom. The number of benzene rings is 3. The minimum atomic E-state index is -0.752. The summed E-state index contributed by atoms with van der Waals surface area (Å²) in [5, 5.41) is 6.56. The molecule has 3 aromatic carbocycles. The topological polar surface area (TPSA) is 103 Å². The highest BCUT2D eigenvalue weighted by Gasteiger charge is 2.41. The van der Waals surface area contributed by atoms with Gasteiger partial charge in [0.05, 0.1) is 11.4 Å². The first-order chi connectivity index (χ1) is 19.4. The largest absolute Gasteiger partial charge is 0.352 e. The van der Waals surface area contributed by atoms with Gasteiger partial charge in [-0.1, -0.05) is 65.8 Å². The number of carbonyl (C=O) groups is 3. The highest BCUT2D eigenvalue weighted by Crippen LogP contribution is 2.34. The van der Waals surface area contributed by atoms with E-state index in [9.17, 15) is 18.8 Å². The minimum absolute atomic E-state index is 0.0406. The summed E-state index contributed by atoms with van der Waals surface area (Å²) in [6.07, 6.45) is 0.306. The number of halogens is 2. The molecular weight excluding hydrogens is 553 g/mol. The molecule has 0 saturated carbocycles. The van der Waals surface area contributed by atoms with Crippen LogP contribution in [0.4, 0.5) is 10.1 Å². The van der Waals surface area contributed by atoms with Crippen molar-refractivity contribution >= 4 is 57.8 Å². The molecule has 40 heavy (non-hydrogen) atoms. The molecule has 0 aromatic heterocycles. The fourth-order valence-corrected chi connectivity index (χ4v) is 5.30. The number of nitrogens with one attached hydrogen (secondary N) is 2. The number of aliphatic imine (C=N–C) groups is 2. The second-order valence-corrected chi connectivity index (χ2v) is 10.5. The average molecular weight is 578 g/mol. The summed E-state index contributed by atoms with van der Waals surface area (Å²) in [6.45, 7) is 0.548. The normalized spacial score (nSPS) is 15.6. The fourth-order valence-electron chi connectivity index (χ4n) is 4.26. The molecule has 0 saturated heterocycles. The maximum atomic E-state index is 13.4. The second kappa shape index (κ2) is 12.4. The zero-order valence-corrected chi connectivity index (χ0v) is 22.8. The van der Waals surface area contributed by atoms with E-state index in [2.05, 4.69) is 20.6 Å². The van der Waals surface area contributed by atoms with E-state index in [1.807, 2.05) is 42.5 Å². The van der Waals surface area contributed by atoms with Gasteiger partial charge < -0.3 is 10.6 Å². The van der Waals surface area contributed by atoms with Crippen LogP contribution in [0.5, 0.6) is 0 Å². The Morgan fingerprint density at radius 3 is 2.48 bits per heavy atom. The van der Waals surface area contributed by atoms with Crippen molar-refractivity contribution in [3.05, 3.63) is 100 Å². The van der Waals surface area contributed by atoms with E-state index in [1.54, 1.807) is 18.2 Å². The number of nitrogens with zero attached hydrogens (tertiary/aromatic N) is 3. The van der Waals surface area contributed by atoms with Crippen molar-refractivity contribution in [1.82, 2.24) is 15.5 Å². The van der Waals surface area contributed by atoms with Crippen LogP contribution in [0.1, 0.15) is 29.5 Å². The number of amidine groups is 2. The summed E-state index contributed by atoms with van der Waals surface area (Å²) in [5.41, 5.74) is 2.95. The highest BCUT2D eigenvalue weighted by molar-refractivity contribution is 8.14. The van der Waals surface area contributed by atoms with Crippen LogP contribution < -0.4 is 10.6 Å². The number of rotatable bonds is 9. The molecule has 5 rings (SSSR count). The van der Waals surface area contributed by atoms with Crippen LogP contribution in [0, 0.1) is 5.82 Å².